The van der Waals surface area contributed by atoms with Crippen molar-refractivity contribution in [3.8, 4) is 0 Å². The molecule has 1 aromatic carbocycles. The number of anilines is 1. The van der Waals surface area contributed by atoms with Crippen molar-refractivity contribution in [3.63, 3.8) is 0 Å². The Labute approximate surface area is 141 Å². The Morgan fingerprint density at radius 3 is 2.14 bits per heavy atom. The van der Waals surface area contributed by atoms with Gasteiger partial charge in [0, 0.05) is 42.7 Å². The van der Waals surface area contributed by atoms with Gasteiger partial charge in [0.05, 0.1) is 0 Å². The summed E-state index contributed by atoms with van der Waals surface area (Å²) in [6.07, 6.45) is 0.381. The molecule has 122 valence electrons. The third kappa shape index (κ3) is 6.24. The number of carbonyl (C=O) groups is 1. The first kappa shape index (κ1) is 18.8. The minimum absolute atomic E-state index is 0.381. The summed E-state index contributed by atoms with van der Waals surface area (Å²) < 4.78 is 0. The van der Waals surface area contributed by atoms with Crippen molar-refractivity contribution >= 4 is 40.6 Å². The Hall–Kier alpha value is -1.26. The van der Waals surface area contributed by atoms with E-state index in [2.05, 4.69) is 9.89 Å². The molecule has 0 unspecified atom stereocenters. The Morgan fingerprint density at radius 1 is 1.18 bits per heavy atom. The normalized spacial score (nSPS) is 11.8. The first-order valence-electron chi connectivity index (χ1n) is 7.17. The van der Waals surface area contributed by atoms with E-state index in [0.717, 1.165) is 30.1 Å². The van der Waals surface area contributed by atoms with Crippen molar-refractivity contribution in [3.05, 3.63) is 29.8 Å². The van der Waals surface area contributed by atoms with E-state index < -0.39 is 12.0 Å². The average Bonchev–Trinajstić information content (AvgIpc) is 2.46. The lowest BCUT2D eigenvalue weighted by Crippen LogP contribution is -2.27. The van der Waals surface area contributed by atoms with Crippen LogP contribution in [0.15, 0.2) is 29.3 Å². The average molecular weight is 345 g/mol. The van der Waals surface area contributed by atoms with Crippen LogP contribution in [-0.2, 0) is 11.2 Å². The molecule has 0 radical (unpaired) electrons. The van der Waals surface area contributed by atoms with Gasteiger partial charge in [0.2, 0.25) is 0 Å². The molecule has 0 aliphatic rings. The fourth-order valence-electron chi connectivity index (χ4n) is 2.14. The van der Waals surface area contributed by atoms with Gasteiger partial charge in [0.15, 0.2) is 6.04 Å². The fraction of sp³-hybridized carbons (Fsp3) is 0.500. The van der Waals surface area contributed by atoms with Crippen molar-refractivity contribution in [2.24, 2.45) is 4.99 Å². The predicted molar refractivity (Wildman–Crippen MR) is 94.0 cm³/mol. The van der Waals surface area contributed by atoms with Crippen LogP contribution in [0.4, 0.5) is 5.69 Å². The molecule has 0 saturated heterocycles. The highest BCUT2D eigenvalue weighted by atomic mass is 35.5. The van der Waals surface area contributed by atoms with Gasteiger partial charge in [-0.05, 0) is 31.5 Å². The summed E-state index contributed by atoms with van der Waals surface area (Å²) in [7, 11) is 0. The molecule has 22 heavy (non-hydrogen) atoms. The van der Waals surface area contributed by atoms with Gasteiger partial charge in [-0.2, -0.15) is 0 Å². The van der Waals surface area contributed by atoms with E-state index >= 15 is 0 Å². The smallest absolute Gasteiger partial charge is 0.328 e. The van der Waals surface area contributed by atoms with Gasteiger partial charge in [-0.3, -0.25) is 4.99 Å². The standard InChI is InChI=1S/C16H22Cl2N2O2/c1-12(2)19-15(16(21)22)11-13-3-5-14(6-4-13)20(9-7-17)10-8-18/h3-6,15H,7-11H2,1-2H3,(H,21,22)/t15-/m0/s1. The molecule has 0 aliphatic heterocycles. The number of hydrogen-bond acceptors (Lipinski definition) is 3. The predicted octanol–water partition coefficient (Wildman–Crippen LogP) is 3.45. The summed E-state index contributed by atoms with van der Waals surface area (Å²) in [5, 5.41) is 9.22. The highest BCUT2D eigenvalue weighted by Crippen LogP contribution is 2.17. The summed E-state index contributed by atoms with van der Waals surface area (Å²) in [6.45, 7) is 5.06. The first-order chi connectivity index (χ1) is 10.5. The quantitative estimate of drug-likeness (QED) is 0.551. The molecular weight excluding hydrogens is 323 g/mol. The zero-order valence-corrected chi connectivity index (χ0v) is 14.4. The van der Waals surface area contributed by atoms with Crippen LogP contribution in [0.1, 0.15) is 19.4 Å². The van der Waals surface area contributed by atoms with Gasteiger partial charge in [-0.1, -0.05) is 12.1 Å². The topological polar surface area (TPSA) is 52.9 Å². The summed E-state index contributed by atoms with van der Waals surface area (Å²) in [5.74, 6) is 0.158. The number of hydrogen-bond donors (Lipinski definition) is 1. The second-order valence-corrected chi connectivity index (χ2v) is 5.92. The van der Waals surface area contributed by atoms with Crippen molar-refractivity contribution in [1.29, 1.82) is 0 Å². The molecule has 0 fully saturated rings. The van der Waals surface area contributed by atoms with Crippen LogP contribution in [0, 0.1) is 0 Å². The number of halogens is 2. The molecule has 0 amide bonds. The monoisotopic (exact) mass is 344 g/mol. The largest absolute Gasteiger partial charge is 0.480 e. The zero-order valence-electron chi connectivity index (χ0n) is 12.9. The second-order valence-electron chi connectivity index (χ2n) is 5.17. The van der Waals surface area contributed by atoms with E-state index in [0.29, 0.717) is 18.2 Å². The highest BCUT2D eigenvalue weighted by Gasteiger charge is 2.16. The summed E-state index contributed by atoms with van der Waals surface area (Å²) in [6, 6.07) is 7.06. The highest BCUT2D eigenvalue weighted by molar-refractivity contribution is 6.18. The van der Waals surface area contributed by atoms with Crippen LogP contribution in [0.25, 0.3) is 0 Å². The van der Waals surface area contributed by atoms with Crippen LogP contribution in [0.2, 0.25) is 0 Å². The SMILES string of the molecule is CC(C)=N[C@@H](Cc1ccc(N(CCCl)CCCl)cc1)C(=O)O. The van der Waals surface area contributed by atoms with Crippen LogP contribution in [0.5, 0.6) is 0 Å². The zero-order chi connectivity index (χ0) is 16.5. The number of carboxylic acid groups (broad SMARTS) is 1. The Balaban J connectivity index is 2.82. The van der Waals surface area contributed by atoms with E-state index in [1.165, 1.54) is 0 Å². The number of alkyl halides is 2. The molecule has 0 aromatic heterocycles. The van der Waals surface area contributed by atoms with Crippen molar-refractivity contribution in [1.82, 2.24) is 0 Å². The number of benzene rings is 1. The lowest BCUT2D eigenvalue weighted by atomic mass is 10.1. The molecule has 1 aromatic rings. The number of nitrogens with zero attached hydrogens (tertiary/aromatic N) is 2. The number of aliphatic carboxylic acids is 1. The van der Waals surface area contributed by atoms with Gasteiger partial charge in [-0.25, -0.2) is 4.79 Å². The molecule has 1 atom stereocenters. The fourth-order valence-corrected chi connectivity index (χ4v) is 2.55. The molecule has 0 bridgehead atoms. The van der Waals surface area contributed by atoms with Gasteiger partial charge in [-0.15, -0.1) is 23.2 Å². The molecule has 0 aliphatic carbocycles. The third-order valence-corrected chi connectivity index (χ3v) is 3.48. The Kier molecular flexibility index (Phi) is 8.28. The summed E-state index contributed by atoms with van der Waals surface area (Å²) >= 11 is 11.6. The Morgan fingerprint density at radius 2 is 1.73 bits per heavy atom. The van der Waals surface area contributed by atoms with Gasteiger partial charge >= 0.3 is 5.97 Å². The van der Waals surface area contributed by atoms with Crippen LogP contribution in [0.3, 0.4) is 0 Å². The van der Waals surface area contributed by atoms with Crippen LogP contribution >= 0.6 is 23.2 Å². The molecule has 4 nitrogen and oxygen atoms in total. The van der Waals surface area contributed by atoms with Gasteiger partial charge in [0.25, 0.3) is 0 Å². The maximum Gasteiger partial charge on any atom is 0.328 e. The molecule has 0 spiro atoms. The van der Waals surface area contributed by atoms with Crippen molar-refractivity contribution < 1.29 is 9.90 Å². The van der Waals surface area contributed by atoms with E-state index in [-0.39, 0.29) is 0 Å². The lowest BCUT2D eigenvalue weighted by molar-refractivity contribution is -0.138. The van der Waals surface area contributed by atoms with Crippen molar-refractivity contribution in [2.45, 2.75) is 26.3 Å². The minimum atomic E-state index is -0.906. The number of aliphatic imine (C=N–C) groups is 1. The first-order valence-corrected chi connectivity index (χ1v) is 8.24. The summed E-state index contributed by atoms with van der Waals surface area (Å²) in [5.41, 5.74) is 2.74. The lowest BCUT2D eigenvalue weighted by Gasteiger charge is -2.23. The van der Waals surface area contributed by atoms with E-state index in [4.69, 9.17) is 23.2 Å². The van der Waals surface area contributed by atoms with Crippen LogP contribution < -0.4 is 4.90 Å². The van der Waals surface area contributed by atoms with Crippen molar-refractivity contribution in [2.75, 3.05) is 29.7 Å². The van der Waals surface area contributed by atoms with E-state index in [9.17, 15) is 9.90 Å². The third-order valence-electron chi connectivity index (χ3n) is 3.14. The molecule has 6 heteroatoms. The van der Waals surface area contributed by atoms with Gasteiger partial charge in [0.1, 0.15) is 0 Å². The maximum atomic E-state index is 11.2. The van der Waals surface area contributed by atoms with E-state index in [1.54, 1.807) is 13.8 Å². The second kappa shape index (κ2) is 9.70. The summed E-state index contributed by atoms with van der Waals surface area (Å²) in [4.78, 5) is 17.5. The number of rotatable bonds is 9. The maximum absolute atomic E-state index is 11.2. The minimum Gasteiger partial charge on any atom is -0.480 e. The number of carboxylic acids is 1. The Bertz CT molecular complexity index is 493. The molecule has 0 saturated carbocycles. The van der Waals surface area contributed by atoms with Gasteiger partial charge < -0.3 is 10.0 Å². The molecule has 1 rings (SSSR count). The molecular formula is C16H22Cl2N2O2. The molecule has 0 heterocycles. The molecule has 1 N–H and O–H groups in total. The van der Waals surface area contributed by atoms with Crippen LogP contribution in [-0.4, -0.2) is 47.7 Å². The van der Waals surface area contributed by atoms with E-state index in [1.807, 2.05) is 24.3 Å².